The van der Waals surface area contributed by atoms with Crippen LogP contribution in [0.25, 0.3) is 22.4 Å². The van der Waals surface area contributed by atoms with Crippen molar-refractivity contribution in [1.29, 1.82) is 0 Å². The van der Waals surface area contributed by atoms with E-state index in [1.54, 1.807) is 37.6 Å². The summed E-state index contributed by atoms with van der Waals surface area (Å²) in [6, 6.07) is 16.4. The van der Waals surface area contributed by atoms with Gasteiger partial charge in [0.2, 0.25) is 0 Å². The molecule has 0 saturated heterocycles. The van der Waals surface area contributed by atoms with Gasteiger partial charge in [0.25, 0.3) is 5.91 Å². The minimum absolute atomic E-state index is 0.308. The van der Waals surface area contributed by atoms with Crippen LogP contribution < -0.4 is 14.8 Å². The van der Waals surface area contributed by atoms with Crippen LogP contribution in [0.3, 0.4) is 0 Å². The number of carbonyl (C=O) groups excluding carboxylic acids is 1. The smallest absolute Gasteiger partial charge is 0.256 e. The van der Waals surface area contributed by atoms with Crippen LogP contribution in [0.2, 0.25) is 0 Å². The Morgan fingerprint density at radius 1 is 1.00 bits per heavy atom. The molecular weight excluding hydrogens is 356 g/mol. The number of nitrogens with zero attached hydrogens (tertiary/aromatic N) is 2. The monoisotopic (exact) mass is 374 g/mol. The Morgan fingerprint density at radius 3 is 2.61 bits per heavy atom. The van der Waals surface area contributed by atoms with E-state index < -0.39 is 0 Å². The van der Waals surface area contributed by atoms with Gasteiger partial charge in [0.05, 0.1) is 30.8 Å². The van der Waals surface area contributed by atoms with Crippen LogP contribution in [0.1, 0.15) is 10.4 Å². The number of anilines is 1. The van der Waals surface area contributed by atoms with Gasteiger partial charge in [-0.15, -0.1) is 0 Å². The Morgan fingerprint density at radius 2 is 1.82 bits per heavy atom. The van der Waals surface area contributed by atoms with Gasteiger partial charge in [0.15, 0.2) is 11.5 Å². The van der Waals surface area contributed by atoms with Crippen LogP contribution in [0.5, 0.6) is 11.5 Å². The summed E-state index contributed by atoms with van der Waals surface area (Å²) in [7, 11) is 3.07. The van der Waals surface area contributed by atoms with E-state index in [-0.39, 0.29) is 5.91 Å². The average molecular weight is 374 g/mol. The van der Waals surface area contributed by atoms with Crippen LogP contribution >= 0.6 is 0 Å². The molecule has 0 bridgehead atoms. The van der Waals surface area contributed by atoms with E-state index in [2.05, 4.69) is 20.3 Å². The van der Waals surface area contributed by atoms with Gasteiger partial charge in [-0.1, -0.05) is 12.1 Å². The van der Waals surface area contributed by atoms with Crippen LogP contribution in [-0.2, 0) is 0 Å². The topological polar surface area (TPSA) is 89.1 Å². The van der Waals surface area contributed by atoms with E-state index in [0.29, 0.717) is 34.3 Å². The van der Waals surface area contributed by atoms with E-state index in [0.717, 1.165) is 11.0 Å². The van der Waals surface area contributed by atoms with E-state index in [1.165, 1.54) is 7.11 Å². The number of H-pyrrole nitrogens is 1. The number of amides is 1. The van der Waals surface area contributed by atoms with Gasteiger partial charge < -0.3 is 19.8 Å². The molecule has 7 heteroatoms. The van der Waals surface area contributed by atoms with Crippen molar-refractivity contribution < 1.29 is 14.3 Å². The van der Waals surface area contributed by atoms with E-state index in [9.17, 15) is 4.79 Å². The van der Waals surface area contributed by atoms with Crippen LogP contribution in [0.15, 0.2) is 60.8 Å². The summed E-state index contributed by atoms with van der Waals surface area (Å²) in [5.74, 6) is 1.78. The average Bonchev–Trinajstić information content (AvgIpc) is 3.17. The third-order valence-corrected chi connectivity index (χ3v) is 4.33. The number of benzene rings is 2. The molecule has 7 nitrogen and oxygen atoms in total. The largest absolute Gasteiger partial charge is 0.493 e. The predicted octanol–water partition coefficient (Wildman–Crippen LogP) is 3.89. The number of pyridine rings is 1. The normalized spacial score (nSPS) is 10.6. The standard InChI is InChI=1S/C21H18N4O3/c1-27-17-10-9-13(12-18(17)28-2)21(26)25-19-14(6-5-11-22-19)20-23-15-7-3-4-8-16(15)24-20/h3-12H,1-2H3,(H,23,24)(H,22,25,26). The van der Waals surface area contributed by atoms with Gasteiger partial charge in [0.1, 0.15) is 11.6 Å². The lowest BCUT2D eigenvalue weighted by Crippen LogP contribution is -2.14. The van der Waals surface area contributed by atoms with E-state index in [1.807, 2.05) is 30.3 Å². The maximum absolute atomic E-state index is 12.8. The van der Waals surface area contributed by atoms with Crippen LogP contribution in [0.4, 0.5) is 5.82 Å². The molecule has 0 saturated carbocycles. The Labute approximate surface area is 161 Å². The molecule has 1 amide bonds. The fourth-order valence-corrected chi connectivity index (χ4v) is 2.93. The van der Waals surface area contributed by atoms with Gasteiger partial charge in [-0.05, 0) is 42.5 Å². The molecule has 0 aliphatic carbocycles. The highest BCUT2D eigenvalue weighted by atomic mass is 16.5. The third-order valence-electron chi connectivity index (χ3n) is 4.33. The van der Waals surface area contributed by atoms with Gasteiger partial charge in [0, 0.05) is 11.8 Å². The molecule has 0 aliphatic heterocycles. The van der Waals surface area contributed by atoms with Crippen molar-refractivity contribution in [1.82, 2.24) is 15.0 Å². The van der Waals surface area contributed by atoms with Crippen molar-refractivity contribution in [3.63, 3.8) is 0 Å². The number of fused-ring (bicyclic) bond motifs is 1. The first kappa shape index (κ1) is 17.5. The van der Waals surface area contributed by atoms with Gasteiger partial charge >= 0.3 is 0 Å². The lowest BCUT2D eigenvalue weighted by Gasteiger charge is -2.11. The number of hydrogen-bond donors (Lipinski definition) is 2. The first-order valence-electron chi connectivity index (χ1n) is 8.63. The quantitative estimate of drug-likeness (QED) is 0.553. The molecule has 0 radical (unpaired) electrons. The molecule has 2 heterocycles. The highest BCUT2D eigenvalue weighted by molar-refractivity contribution is 6.05. The second-order valence-electron chi connectivity index (χ2n) is 6.03. The molecule has 2 aromatic heterocycles. The molecule has 4 aromatic rings. The van der Waals surface area contributed by atoms with Gasteiger partial charge in [-0.2, -0.15) is 0 Å². The first-order valence-corrected chi connectivity index (χ1v) is 8.63. The maximum Gasteiger partial charge on any atom is 0.256 e. The second kappa shape index (κ2) is 7.40. The fraction of sp³-hybridized carbons (Fsp3) is 0.0952. The zero-order chi connectivity index (χ0) is 19.5. The minimum Gasteiger partial charge on any atom is -0.493 e. The molecule has 2 N–H and O–H groups in total. The molecule has 0 spiro atoms. The third kappa shape index (κ3) is 3.25. The number of rotatable bonds is 5. The SMILES string of the molecule is COc1ccc(C(=O)Nc2ncccc2-c2nc3ccccc3[nH]2)cc1OC. The van der Waals surface area contributed by atoms with Crippen molar-refractivity contribution >= 4 is 22.8 Å². The number of methoxy groups -OCH3 is 2. The molecule has 28 heavy (non-hydrogen) atoms. The minimum atomic E-state index is -0.308. The molecule has 0 unspecified atom stereocenters. The number of aromatic amines is 1. The van der Waals surface area contributed by atoms with E-state index >= 15 is 0 Å². The Bertz CT molecular complexity index is 1120. The lowest BCUT2D eigenvalue weighted by atomic mass is 10.1. The molecule has 140 valence electrons. The molecule has 4 rings (SSSR count). The van der Waals surface area contributed by atoms with Crippen LogP contribution in [0, 0.1) is 0 Å². The van der Waals surface area contributed by atoms with Crippen molar-refractivity contribution in [2.24, 2.45) is 0 Å². The van der Waals surface area contributed by atoms with Gasteiger partial charge in [-0.25, -0.2) is 9.97 Å². The van der Waals surface area contributed by atoms with Crippen molar-refractivity contribution in [3.05, 3.63) is 66.4 Å². The Balaban J connectivity index is 1.66. The molecule has 0 fully saturated rings. The highest BCUT2D eigenvalue weighted by Gasteiger charge is 2.15. The number of para-hydroxylation sites is 2. The molecule has 0 atom stereocenters. The molecular formula is C21H18N4O3. The number of aromatic nitrogens is 3. The summed E-state index contributed by atoms with van der Waals surface area (Å²) < 4.78 is 10.5. The fourth-order valence-electron chi connectivity index (χ4n) is 2.93. The number of hydrogen-bond acceptors (Lipinski definition) is 5. The number of ether oxygens (including phenoxy) is 2. The summed E-state index contributed by atoms with van der Waals surface area (Å²) >= 11 is 0. The molecule has 0 aliphatic rings. The summed E-state index contributed by atoms with van der Waals surface area (Å²) in [5, 5.41) is 2.85. The lowest BCUT2D eigenvalue weighted by molar-refractivity contribution is 0.102. The van der Waals surface area contributed by atoms with Crippen molar-refractivity contribution in [3.8, 4) is 22.9 Å². The second-order valence-corrected chi connectivity index (χ2v) is 6.03. The maximum atomic E-state index is 12.8. The molecule has 2 aromatic carbocycles. The summed E-state index contributed by atoms with van der Waals surface area (Å²) in [6.45, 7) is 0. The number of nitrogens with one attached hydrogen (secondary N) is 2. The summed E-state index contributed by atoms with van der Waals surface area (Å²) in [4.78, 5) is 24.9. The number of imidazole rings is 1. The zero-order valence-corrected chi connectivity index (χ0v) is 15.4. The van der Waals surface area contributed by atoms with Crippen molar-refractivity contribution in [2.75, 3.05) is 19.5 Å². The Hall–Kier alpha value is -3.87. The zero-order valence-electron chi connectivity index (χ0n) is 15.4. The van der Waals surface area contributed by atoms with Gasteiger partial charge in [-0.3, -0.25) is 4.79 Å². The van der Waals surface area contributed by atoms with Crippen LogP contribution in [-0.4, -0.2) is 35.1 Å². The Kier molecular flexibility index (Phi) is 4.63. The number of carbonyl (C=O) groups is 1. The van der Waals surface area contributed by atoms with Crippen molar-refractivity contribution in [2.45, 2.75) is 0 Å². The highest BCUT2D eigenvalue weighted by Crippen LogP contribution is 2.29. The predicted molar refractivity (Wildman–Crippen MR) is 107 cm³/mol. The summed E-state index contributed by atoms with van der Waals surface area (Å²) in [6.07, 6.45) is 1.62. The first-order chi connectivity index (χ1) is 13.7. The summed E-state index contributed by atoms with van der Waals surface area (Å²) in [5.41, 5.74) is 2.89. The van der Waals surface area contributed by atoms with E-state index in [4.69, 9.17) is 9.47 Å².